The molecule has 15 heavy (non-hydrogen) atoms. The van der Waals surface area contributed by atoms with Crippen LogP contribution in [0.15, 0.2) is 34.9 Å². The van der Waals surface area contributed by atoms with Crippen molar-refractivity contribution in [2.75, 3.05) is 0 Å². The highest BCUT2D eigenvalue weighted by Gasteiger charge is 2.30. The molecule has 0 aromatic carbocycles. The SMILES string of the molecule is C[Si](C)(C)C(=C1C=CC=C[N-]1)[Si](C)(C)C. The van der Waals surface area contributed by atoms with E-state index in [0.717, 1.165) is 0 Å². The van der Waals surface area contributed by atoms with Crippen LogP contribution in [0.1, 0.15) is 0 Å². The lowest BCUT2D eigenvalue weighted by Gasteiger charge is -2.39. The van der Waals surface area contributed by atoms with Crippen LogP contribution < -0.4 is 0 Å². The van der Waals surface area contributed by atoms with Crippen LogP contribution in [0, 0.1) is 0 Å². The van der Waals surface area contributed by atoms with Gasteiger partial charge in [-0.3, -0.25) is 0 Å². The van der Waals surface area contributed by atoms with Crippen LogP contribution >= 0.6 is 0 Å². The molecule has 0 saturated carbocycles. The topological polar surface area (TPSA) is 14.1 Å². The van der Waals surface area contributed by atoms with E-state index in [-0.39, 0.29) is 0 Å². The van der Waals surface area contributed by atoms with Gasteiger partial charge in [0.05, 0.1) is 16.1 Å². The zero-order valence-electron chi connectivity index (χ0n) is 10.8. The summed E-state index contributed by atoms with van der Waals surface area (Å²) in [6.07, 6.45) is 8.18. The van der Waals surface area contributed by atoms with Gasteiger partial charge in [-0.25, -0.2) is 0 Å². The van der Waals surface area contributed by atoms with E-state index in [9.17, 15) is 0 Å². The van der Waals surface area contributed by atoms with Crippen LogP contribution in [0.4, 0.5) is 0 Å². The molecule has 0 amide bonds. The maximum atomic E-state index is 4.54. The summed E-state index contributed by atoms with van der Waals surface area (Å²) >= 11 is 0. The first-order chi connectivity index (χ1) is 6.73. The molecule has 0 radical (unpaired) electrons. The summed E-state index contributed by atoms with van der Waals surface area (Å²) in [6, 6.07) is 0. The third-order valence-corrected chi connectivity index (χ3v) is 10.4. The van der Waals surface area contributed by atoms with E-state index in [1.165, 1.54) is 5.70 Å². The van der Waals surface area contributed by atoms with Crippen molar-refractivity contribution in [2.45, 2.75) is 39.3 Å². The van der Waals surface area contributed by atoms with E-state index in [1.807, 2.05) is 12.3 Å². The van der Waals surface area contributed by atoms with E-state index >= 15 is 0 Å². The molecule has 1 nitrogen and oxygen atoms in total. The molecular weight excluding hydrogens is 214 g/mol. The Kier molecular flexibility index (Phi) is 3.46. The largest absolute Gasteiger partial charge is 0.665 e. The lowest BCUT2D eigenvalue weighted by atomic mass is 10.3. The van der Waals surface area contributed by atoms with Gasteiger partial charge in [0.2, 0.25) is 0 Å². The second-order valence-corrected chi connectivity index (χ2v) is 16.6. The Morgan fingerprint density at radius 2 is 1.47 bits per heavy atom. The van der Waals surface area contributed by atoms with Gasteiger partial charge in [0, 0.05) is 0 Å². The quantitative estimate of drug-likeness (QED) is 0.629. The zero-order chi connectivity index (χ0) is 11.7. The molecule has 0 aromatic rings. The van der Waals surface area contributed by atoms with Crippen molar-refractivity contribution < 1.29 is 0 Å². The first-order valence-corrected chi connectivity index (χ1v) is 12.5. The fraction of sp³-hybridized carbons (Fsp3) is 0.500. The number of allylic oxidation sites excluding steroid dienone is 3. The van der Waals surface area contributed by atoms with Crippen molar-refractivity contribution >= 4 is 16.1 Å². The molecule has 0 N–H and O–H groups in total. The lowest BCUT2D eigenvalue weighted by molar-refractivity contribution is 1.49. The molecule has 1 aliphatic rings. The number of nitrogens with zero attached hydrogens (tertiary/aromatic N) is 1. The maximum absolute atomic E-state index is 4.54. The van der Waals surface area contributed by atoms with Crippen molar-refractivity contribution in [3.8, 4) is 0 Å². The Bertz CT molecular complexity index is 309. The maximum Gasteiger partial charge on any atom is 0.0666 e. The van der Waals surface area contributed by atoms with Crippen molar-refractivity contribution in [3.05, 3.63) is 40.3 Å². The van der Waals surface area contributed by atoms with Crippen LogP contribution in [0.5, 0.6) is 0 Å². The van der Waals surface area contributed by atoms with E-state index in [1.54, 1.807) is 4.82 Å². The molecule has 84 valence electrons. The van der Waals surface area contributed by atoms with Gasteiger partial charge < -0.3 is 5.32 Å². The molecule has 0 unspecified atom stereocenters. The number of hydrogen-bond acceptors (Lipinski definition) is 0. The molecule has 0 saturated heterocycles. The number of rotatable bonds is 2. The molecule has 0 spiro atoms. The van der Waals surface area contributed by atoms with E-state index < -0.39 is 16.1 Å². The minimum absolute atomic E-state index is 1.25. The summed E-state index contributed by atoms with van der Waals surface area (Å²) in [6.45, 7) is 14.6. The predicted octanol–water partition coefficient (Wildman–Crippen LogP) is 4.45. The minimum Gasteiger partial charge on any atom is -0.665 e. The highest BCUT2D eigenvalue weighted by atomic mass is 28.4. The minimum atomic E-state index is -1.25. The Morgan fingerprint density at radius 1 is 0.933 bits per heavy atom. The molecule has 0 atom stereocenters. The average Bonchev–Trinajstić information content (AvgIpc) is 2.00. The van der Waals surface area contributed by atoms with Crippen LogP contribution in [0.25, 0.3) is 5.32 Å². The third-order valence-electron chi connectivity index (χ3n) is 2.42. The standard InChI is InChI=1S/C12H22NSi2/c1-14(2,3)12(15(4,5)6)11-9-7-8-10-13-11/h7-10H,1-6H3/q-1. The Labute approximate surface area is 96.0 Å². The van der Waals surface area contributed by atoms with Crippen molar-refractivity contribution in [2.24, 2.45) is 0 Å². The second kappa shape index (κ2) is 4.14. The summed E-state index contributed by atoms with van der Waals surface area (Å²) in [4.78, 5) is 1.69. The van der Waals surface area contributed by atoms with Gasteiger partial charge in [0.15, 0.2) is 0 Å². The van der Waals surface area contributed by atoms with Gasteiger partial charge in [-0.15, -0.1) is 10.5 Å². The van der Waals surface area contributed by atoms with E-state index in [2.05, 4.69) is 56.8 Å². The van der Waals surface area contributed by atoms with Crippen LogP contribution in [0.3, 0.4) is 0 Å². The molecule has 0 fully saturated rings. The normalized spacial score (nSPS) is 16.5. The highest BCUT2D eigenvalue weighted by molar-refractivity contribution is 7.04. The van der Waals surface area contributed by atoms with E-state index in [0.29, 0.717) is 0 Å². The fourth-order valence-corrected chi connectivity index (χ4v) is 13.2. The first kappa shape index (κ1) is 12.5. The predicted molar refractivity (Wildman–Crippen MR) is 75.4 cm³/mol. The van der Waals surface area contributed by atoms with Gasteiger partial charge in [-0.1, -0.05) is 57.5 Å². The van der Waals surface area contributed by atoms with Gasteiger partial charge >= 0.3 is 0 Å². The Morgan fingerprint density at radius 3 is 1.80 bits per heavy atom. The zero-order valence-corrected chi connectivity index (χ0v) is 12.8. The van der Waals surface area contributed by atoms with Crippen molar-refractivity contribution in [1.82, 2.24) is 0 Å². The molecule has 1 heterocycles. The smallest absolute Gasteiger partial charge is 0.0666 e. The number of hydrogen-bond donors (Lipinski definition) is 0. The van der Waals surface area contributed by atoms with Gasteiger partial charge in [-0.05, 0) is 0 Å². The van der Waals surface area contributed by atoms with E-state index in [4.69, 9.17) is 0 Å². The van der Waals surface area contributed by atoms with Crippen LogP contribution in [-0.4, -0.2) is 16.1 Å². The van der Waals surface area contributed by atoms with Crippen LogP contribution in [-0.2, 0) is 0 Å². The van der Waals surface area contributed by atoms with Crippen LogP contribution in [0.2, 0.25) is 39.3 Å². The Hall–Kier alpha value is -0.546. The first-order valence-electron chi connectivity index (χ1n) is 5.52. The van der Waals surface area contributed by atoms with Gasteiger partial charge in [0.1, 0.15) is 0 Å². The average molecular weight is 236 g/mol. The summed E-state index contributed by atoms with van der Waals surface area (Å²) in [5, 5.41) is 4.54. The van der Waals surface area contributed by atoms with Crippen molar-refractivity contribution in [3.63, 3.8) is 0 Å². The van der Waals surface area contributed by atoms with Gasteiger partial charge in [-0.2, -0.15) is 6.20 Å². The molecule has 1 aliphatic heterocycles. The van der Waals surface area contributed by atoms with Gasteiger partial charge in [0.25, 0.3) is 0 Å². The summed E-state index contributed by atoms with van der Waals surface area (Å²) < 4.78 is 0. The fourth-order valence-electron chi connectivity index (χ4n) is 2.40. The third kappa shape index (κ3) is 3.21. The molecule has 0 aliphatic carbocycles. The molecule has 0 bridgehead atoms. The molecular formula is C12H22NSi2-. The molecule has 3 heteroatoms. The highest BCUT2D eigenvalue weighted by Crippen LogP contribution is 2.32. The molecule has 0 aromatic heterocycles. The summed E-state index contributed by atoms with van der Waals surface area (Å²) in [7, 11) is -2.49. The monoisotopic (exact) mass is 236 g/mol. The lowest BCUT2D eigenvalue weighted by Crippen LogP contribution is -2.41. The second-order valence-electron chi connectivity index (χ2n) is 6.09. The summed E-state index contributed by atoms with van der Waals surface area (Å²) in [5.41, 5.74) is 1.25. The van der Waals surface area contributed by atoms with Crippen molar-refractivity contribution in [1.29, 1.82) is 0 Å². The summed E-state index contributed by atoms with van der Waals surface area (Å²) in [5.74, 6) is 0. The Balaban J connectivity index is 3.23. The molecule has 1 rings (SSSR count).